The summed E-state index contributed by atoms with van der Waals surface area (Å²) in [6.45, 7) is 1.40. The highest BCUT2D eigenvalue weighted by molar-refractivity contribution is 7.87. The van der Waals surface area contributed by atoms with Crippen LogP contribution in [0.25, 0.3) is 0 Å². The smallest absolute Gasteiger partial charge is 0.404 e. The van der Waals surface area contributed by atoms with Crippen LogP contribution in [-0.4, -0.2) is 24.1 Å². The number of alkyl halides is 1. The lowest BCUT2D eigenvalue weighted by Gasteiger charge is -2.12. The number of benzene rings is 1. The van der Waals surface area contributed by atoms with Crippen LogP contribution in [0.1, 0.15) is 31.3 Å². The molecule has 8 nitrogen and oxygen atoms in total. The summed E-state index contributed by atoms with van der Waals surface area (Å²) in [6.07, 6.45) is -1.16. The molecule has 27 heavy (non-hydrogen) atoms. The number of ether oxygens (including phenoxy) is 1. The third kappa shape index (κ3) is 4.70. The maximum Gasteiger partial charge on any atom is 0.404 e. The molecule has 1 amide bonds. The molecule has 1 aromatic carbocycles. The zero-order chi connectivity index (χ0) is 20.4. The first-order valence-electron chi connectivity index (χ1n) is 7.53. The van der Waals surface area contributed by atoms with Gasteiger partial charge in [-0.05, 0) is 5.92 Å². The Balaban J connectivity index is 2.52. The number of hydrogen-bond acceptors (Lipinski definition) is 6. The van der Waals surface area contributed by atoms with E-state index >= 15 is 0 Å². The second kappa shape index (κ2) is 7.86. The van der Waals surface area contributed by atoms with Crippen LogP contribution >= 0.6 is 0 Å². The first-order valence-corrected chi connectivity index (χ1v) is 8.94. The molecule has 0 unspecified atom stereocenters. The number of carbonyl (C=O) groups is 1. The summed E-state index contributed by atoms with van der Waals surface area (Å²) in [5.41, 5.74) is 4.78. The minimum absolute atomic E-state index is 0.0718. The van der Waals surface area contributed by atoms with E-state index in [4.69, 9.17) is 9.92 Å². The zero-order valence-corrected chi connectivity index (χ0v) is 15.1. The second-order valence-electron chi connectivity index (χ2n) is 5.67. The quantitative estimate of drug-likeness (QED) is 0.706. The number of amides is 1. The minimum Gasteiger partial charge on any atom is -0.442 e. The number of carbonyl (C=O) groups excluding carboxylic acids is 1. The van der Waals surface area contributed by atoms with Crippen molar-refractivity contribution in [2.24, 2.45) is 5.73 Å². The predicted molar refractivity (Wildman–Crippen MR) is 86.0 cm³/mol. The molecule has 0 atom stereocenters. The van der Waals surface area contributed by atoms with Crippen molar-refractivity contribution < 1.29 is 35.3 Å². The van der Waals surface area contributed by atoms with Gasteiger partial charge in [0.1, 0.15) is 17.4 Å². The maximum absolute atomic E-state index is 13.5. The van der Waals surface area contributed by atoms with Crippen molar-refractivity contribution in [3.63, 3.8) is 0 Å². The average Bonchev–Trinajstić information content (AvgIpc) is 2.91. The summed E-state index contributed by atoms with van der Waals surface area (Å²) in [5.74, 6) is -3.48. The predicted octanol–water partition coefficient (Wildman–Crippen LogP) is 2.57. The molecule has 1 heterocycles. The molecule has 0 aliphatic carbocycles. The molecule has 0 bridgehead atoms. The number of aromatic nitrogens is 2. The monoisotopic (exact) mass is 407 g/mol. The van der Waals surface area contributed by atoms with Crippen LogP contribution in [0.15, 0.2) is 23.2 Å². The fraction of sp³-hybridized carbons (Fsp3) is 0.333. The number of nitrogens with two attached hydrogens (primary N) is 1. The molecule has 148 valence electrons. The Labute approximate surface area is 152 Å². The third-order valence-electron chi connectivity index (χ3n) is 3.34. The topological polar surface area (TPSA) is 114 Å². The molecule has 0 spiro atoms. The highest BCUT2D eigenvalue weighted by Gasteiger charge is 2.31. The van der Waals surface area contributed by atoms with Crippen LogP contribution < -0.4 is 9.92 Å². The number of hydrogen-bond donors (Lipinski definition) is 1. The summed E-state index contributed by atoms with van der Waals surface area (Å²) in [5, 5.41) is -0.664. The Hall–Kier alpha value is -2.76. The Kier molecular flexibility index (Phi) is 5.98. The van der Waals surface area contributed by atoms with Gasteiger partial charge in [-0.15, -0.1) is 0 Å². The number of nitrogens with zero attached hydrogens (tertiary/aromatic N) is 2. The summed E-state index contributed by atoms with van der Waals surface area (Å²) < 4.78 is 75.3. The van der Waals surface area contributed by atoms with E-state index in [1.54, 1.807) is 13.8 Å². The molecule has 0 radical (unpaired) electrons. The van der Waals surface area contributed by atoms with Gasteiger partial charge in [-0.1, -0.05) is 13.8 Å². The van der Waals surface area contributed by atoms with Gasteiger partial charge < -0.3 is 14.7 Å². The maximum atomic E-state index is 13.5. The number of imidazole rings is 1. The van der Waals surface area contributed by atoms with Crippen LogP contribution in [0.4, 0.5) is 18.0 Å². The molecule has 0 fully saturated rings. The Morgan fingerprint density at radius 2 is 1.85 bits per heavy atom. The molecule has 0 saturated carbocycles. The van der Waals surface area contributed by atoms with Crippen LogP contribution in [0.5, 0.6) is 5.75 Å². The van der Waals surface area contributed by atoms with Gasteiger partial charge in [0.25, 0.3) is 0 Å². The molecule has 2 aromatic rings. The van der Waals surface area contributed by atoms with Crippen LogP contribution in [-0.2, 0) is 28.3 Å². The molecule has 0 saturated heterocycles. The van der Waals surface area contributed by atoms with Crippen LogP contribution in [0.3, 0.4) is 0 Å². The number of rotatable bonds is 7. The first-order chi connectivity index (χ1) is 12.5. The lowest BCUT2D eigenvalue weighted by molar-refractivity contribution is 0.144. The summed E-state index contributed by atoms with van der Waals surface area (Å²) in [4.78, 5) is 14.5. The molecule has 2 N–H and O–H groups in total. The summed E-state index contributed by atoms with van der Waals surface area (Å²) in [7, 11) is -4.68. The minimum atomic E-state index is -4.68. The van der Waals surface area contributed by atoms with Crippen molar-refractivity contribution >= 4 is 16.2 Å². The molecule has 0 aliphatic rings. The molecule has 1 aromatic heterocycles. The molecule has 2 rings (SSSR count). The fourth-order valence-electron chi connectivity index (χ4n) is 2.35. The van der Waals surface area contributed by atoms with E-state index in [0.29, 0.717) is 18.2 Å². The molecule has 0 aliphatic heterocycles. The van der Waals surface area contributed by atoms with Gasteiger partial charge in [0, 0.05) is 18.2 Å². The van der Waals surface area contributed by atoms with Crippen molar-refractivity contribution in [1.82, 2.24) is 9.55 Å². The number of primary amides is 1. The molecular formula is C15H16F3N3O5S. The zero-order valence-electron chi connectivity index (χ0n) is 14.3. The highest BCUT2D eigenvalue weighted by atomic mass is 32.2. The summed E-state index contributed by atoms with van der Waals surface area (Å²) >= 11 is 0. The normalized spacial score (nSPS) is 11.6. The molecule has 12 heteroatoms. The van der Waals surface area contributed by atoms with Crippen molar-refractivity contribution in [2.75, 3.05) is 0 Å². The average molecular weight is 407 g/mol. The van der Waals surface area contributed by atoms with E-state index < -0.39 is 57.9 Å². The SMILES string of the molecule is CC(C)c1c(S(=O)(=O)Oc2cc(F)cc(F)c2)nc(COC(N)=O)n1CF. The van der Waals surface area contributed by atoms with E-state index in [1.165, 1.54) is 0 Å². The van der Waals surface area contributed by atoms with Gasteiger partial charge >= 0.3 is 16.2 Å². The van der Waals surface area contributed by atoms with Gasteiger partial charge in [-0.25, -0.2) is 22.9 Å². The summed E-state index contributed by atoms with van der Waals surface area (Å²) in [6, 6.07) is 1.87. The van der Waals surface area contributed by atoms with E-state index in [-0.39, 0.29) is 11.5 Å². The van der Waals surface area contributed by atoms with Crippen LogP contribution in [0, 0.1) is 11.6 Å². The fourth-order valence-corrected chi connectivity index (χ4v) is 3.60. The van der Waals surface area contributed by atoms with Crippen molar-refractivity contribution in [1.29, 1.82) is 0 Å². The Morgan fingerprint density at radius 1 is 1.26 bits per heavy atom. The Morgan fingerprint density at radius 3 is 2.33 bits per heavy atom. The third-order valence-corrected chi connectivity index (χ3v) is 4.53. The van der Waals surface area contributed by atoms with Gasteiger partial charge in [-0.3, -0.25) is 4.57 Å². The second-order valence-corrected chi connectivity index (χ2v) is 7.13. The molecular weight excluding hydrogens is 391 g/mol. The van der Waals surface area contributed by atoms with E-state index in [2.05, 4.69) is 9.72 Å². The van der Waals surface area contributed by atoms with Gasteiger partial charge in [0.2, 0.25) is 5.03 Å². The van der Waals surface area contributed by atoms with E-state index in [9.17, 15) is 26.4 Å². The van der Waals surface area contributed by atoms with E-state index in [0.717, 1.165) is 4.57 Å². The highest BCUT2D eigenvalue weighted by Crippen LogP contribution is 2.28. The standard InChI is InChI=1S/C15H16F3N3O5S/c1-8(2)13-14(20-12(21(13)7-16)6-25-15(19)22)27(23,24)26-11-4-9(17)3-10(18)5-11/h3-5,8H,6-7H2,1-2H3,(H2,19,22). The van der Waals surface area contributed by atoms with Gasteiger partial charge in [-0.2, -0.15) is 8.42 Å². The lowest BCUT2D eigenvalue weighted by atomic mass is 10.1. The van der Waals surface area contributed by atoms with Gasteiger partial charge in [0.05, 0.1) is 5.69 Å². The van der Waals surface area contributed by atoms with Crippen LogP contribution in [0.2, 0.25) is 0 Å². The van der Waals surface area contributed by atoms with Crippen molar-refractivity contribution in [3.8, 4) is 5.75 Å². The largest absolute Gasteiger partial charge is 0.442 e. The van der Waals surface area contributed by atoms with Crippen molar-refractivity contribution in [3.05, 3.63) is 41.4 Å². The van der Waals surface area contributed by atoms with E-state index in [1.807, 2.05) is 0 Å². The first kappa shape index (κ1) is 20.6. The van der Waals surface area contributed by atoms with Gasteiger partial charge in [0.15, 0.2) is 19.2 Å². The lowest BCUT2D eigenvalue weighted by Crippen LogP contribution is -2.15. The Bertz CT molecular complexity index is 940. The number of halogens is 3. The van der Waals surface area contributed by atoms with Crippen molar-refractivity contribution in [2.45, 2.75) is 38.2 Å².